The minimum Gasteiger partial charge on any atom is -0.496 e. The molecule has 0 unspecified atom stereocenters. The molecule has 5 nitrogen and oxygen atoms in total. The lowest BCUT2D eigenvalue weighted by Gasteiger charge is -2.08. The number of benzene rings is 1. The first-order valence-corrected chi connectivity index (χ1v) is 6.98. The molecule has 2 heterocycles. The van der Waals surface area contributed by atoms with Crippen LogP contribution >= 0.6 is 11.3 Å². The van der Waals surface area contributed by atoms with Crippen LogP contribution in [0.2, 0.25) is 0 Å². The third kappa shape index (κ3) is 2.25. The van der Waals surface area contributed by atoms with Crippen molar-refractivity contribution in [3.63, 3.8) is 0 Å². The Morgan fingerprint density at radius 1 is 1.45 bits per heavy atom. The van der Waals surface area contributed by atoms with Crippen LogP contribution < -0.4 is 10.1 Å². The Morgan fingerprint density at radius 2 is 2.30 bits per heavy atom. The first-order chi connectivity index (χ1) is 9.79. The molecule has 0 aliphatic carbocycles. The number of nitrogens with one attached hydrogen (secondary N) is 1. The van der Waals surface area contributed by atoms with Gasteiger partial charge in [0.15, 0.2) is 4.96 Å². The molecule has 1 N–H and O–H groups in total. The van der Waals surface area contributed by atoms with Crippen molar-refractivity contribution in [2.75, 3.05) is 7.11 Å². The quantitative estimate of drug-likeness (QED) is 0.801. The summed E-state index contributed by atoms with van der Waals surface area (Å²) < 4.78 is 7.15. The van der Waals surface area contributed by atoms with Gasteiger partial charge in [-0.25, -0.2) is 4.98 Å². The Bertz CT molecular complexity index is 748. The van der Waals surface area contributed by atoms with E-state index in [4.69, 9.17) is 4.74 Å². The summed E-state index contributed by atoms with van der Waals surface area (Å²) in [6.45, 7) is 0.452. The molecular weight excluding hydrogens is 274 g/mol. The van der Waals surface area contributed by atoms with E-state index in [2.05, 4.69) is 10.3 Å². The van der Waals surface area contributed by atoms with Crippen molar-refractivity contribution in [2.24, 2.45) is 0 Å². The predicted octanol–water partition coefficient (Wildman–Crippen LogP) is 2.33. The van der Waals surface area contributed by atoms with Gasteiger partial charge in [0.05, 0.1) is 24.9 Å². The Labute approximate surface area is 119 Å². The number of carbonyl (C=O) groups excluding carboxylic acids is 1. The zero-order valence-corrected chi connectivity index (χ0v) is 11.7. The summed E-state index contributed by atoms with van der Waals surface area (Å²) in [5.41, 5.74) is 1.54. The number of ether oxygens (including phenoxy) is 1. The van der Waals surface area contributed by atoms with Gasteiger partial charge in [0.1, 0.15) is 5.75 Å². The highest BCUT2D eigenvalue weighted by Crippen LogP contribution is 2.18. The molecule has 0 radical (unpaired) electrons. The van der Waals surface area contributed by atoms with Crippen molar-refractivity contribution >= 4 is 22.2 Å². The highest BCUT2D eigenvalue weighted by atomic mass is 32.1. The monoisotopic (exact) mass is 287 g/mol. The third-order valence-electron chi connectivity index (χ3n) is 3.00. The molecule has 1 amide bonds. The van der Waals surface area contributed by atoms with E-state index in [1.807, 2.05) is 28.1 Å². The number of methoxy groups -OCH3 is 1. The number of amides is 1. The van der Waals surface area contributed by atoms with Crippen LogP contribution in [0.15, 0.2) is 42.0 Å². The van der Waals surface area contributed by atoms with E-state index in [-0.39, 0.29) is 5.91 Å². The number of hydrogen-bond donors (Lipinski definition) is 1. The fraction of sp³-hybridized carbons (Fsp3) is 0.143. The van der Waals surface area contributed by atoms with E-state index in [9.17, 15) is 4.79 Å². The van der Waals surface area contributed by atoms with E-state index in [1.54, 1.807) is 36.8 Å². The minimum atomic E-state index is -0.151. The number of hydrogen-bond acceptors (Lipinski definition) is 4. The number of nitrogens with zero attached hydrogens (tertiary/aromatic N) is 2. The van der Waals surface area contributed by atoms with Gasteiger partial charge in [0.2, 0.25) is 0 Å². The van der Waals surface area contributed by atoms with Crippen LogP contribution in [0.25, 0.3) is 4.96 Å². The average Bonchev–Trinajstić information content (AvgIpc) is 3.08. The second-order valence-electron chi connectivity index (χ2n) is 4.19. The molecule has 0 saturated heterocycles. The van der Waals surface area contributed by atoms with Gasteiger partial charge in [-0.05, 0) is 12.1 Å². The van der Waals surface area contributed by atoms with Crippen LogP contribution in [-0.4, -0.2) is 22.4 Å². The van der Waals surface area contributed by atoms with Crippen molar-refractivity contribution in [2.45, 2.75) is 6.54 Å². The smallest absolute Gasteiger partial charge is 0.255 e. The Kier molecular flexibility index (Phi) is 3.39. The number of imidazole rings is 1. The molecule has 0 fully saturated rings. The maximum absolute atomic E-state index is 12.2. The molecule has 6 heteroatoms. The molecule has 0 saturated carbocycles. The lowest BCUT2D eigenvalue weighted by Crippen LogP contribution is -2.23. The summed E-state index contributed by atoms with van der Waals surface area (Å²) in [7, 11) is 1.56. The largest absolute Gasteiger partial charge is 0.496 e. The molecule has 3 aromatic rings. The van der Waals surface area contributed by atoms with E-state index < -0.39 is 0 Å². The van der Waals surface area contributed by atoms with E-state index in [0.29, 0.717) is 17.9 Å². The maximum atomic E-state index is 12.2. The lowest BCUT2D eigenvalue weighted by atomic mass is 10.2. The molecule has 0 atom stereocenters. The maximum Gasteiger partial charge on any atom is 0.255 e. The topological polar surface area (TPSA) is 55.6 Å². The molecule has 20 heavy (non-hydrogen) atoms. The van der Waals surface area contributed by atoms with Crippen molar-refractivity contribution in [1.29, 1.82) is 0 Å². The van der Waals surface area contributed by atoms with Crippen molar-refractivity contribution in [1.82, 2.24) is 14.7 Å². The lowest BCUT2D eigenvalue weighted by molar-refractivity contribution is 0.0947. The summed E-state index contributed by atoms with van der Waals surface area (Å²) >= 11 is 1.55. The van der Waals surface area contributed by atoms with Gasteiger partial charge >= 0.3 is 0 Å². The first kappa shape index (κ1) is 12.7. The zero-order valence-electron chi connectivity index (χ0n) is 10.9. The van der Waals surface area contributed by atoms with Crippen LogP contribution in [0.4, 0.5) is 0 Å². The summed E-state index contributed by atoms with van der Waals surface area (Å²) in [5.74, 6) is 0.421. The van der Waals surface area contributed by atoms with E-state index >= 15 is 0 Å². The minimum absolute atomic E-state index is 0.151. The number of para-hydroxylation sites is 1. The van der Waals surface area contributed by atoms with Gasteiger partial charge in [-0.3, -0.25) is 9.20 Å². The highest BCUT2D eigenvalue weighted by Gasteiger charge is 2.12. The Morgan fingerprint density at radius 3 is 3.15 bits per heavy atom. The van der Waals surface area contributed by atoms with Gasteiger partial charge in [0.25, 0.3) is 5.91 Å². The van der Waals surface area contributed by atoms with Crippen LogP contribution in [0.1, 0.15) is 16.1 Å². The van der Waals surface area contributed by atoms with Crippen molar-refractivity contribution < 1.29 is 9.53 Å². The number of fused-ring (bicyclic) bond motifs is 1. The first-order valence-electron chi connectivity index (χ1n) is 6.10. The molecule has 3 rings (SSSR count). The zero-order chi connectivity index (χ0) is 13.9. The van der Waals surface area contributed by atoms with Gasteiger partial charge in [-0.15, -0.1) is 11.3 Å². The van der Waals surface area contributed by atoms with Crippen LogP contribution in [0, 0.1) is 0 Å². The summed E-state index contributed by atoms with van der Waals surface area (Å²) in [6.07, 6.45) is 3.63. The third-order valence-corrected chi connectivity index (χ3v) is 3.90. The molecule has 2 aromatic heterocycles. The second-order valence-corrected chi connectivity index (χ2v) is 5.03. The van der Waals surface area contributed by atoms with Crippen molar-refractivity contribution in [3.8, 4) is 5.75 Å². The summed E-state index contributed by atoms with van der Waals surface area (Å²) in [4.78, 5) is 17.3. The predicted molar refractivity (Wildman–Crippen MR) is 77.2 cm³/mol. The van der Waals surface area contributed by atoms with Crippen LogP contribution in [0.3, 0.4) is 0 Å². The Balaban J connectivity index is 1.75. The van der Waals surface area contributed by atoms with Crippen LogP contribution in [-0.2, 0) is 6.54 Å². The van der Waals surface area contributed by atoms with Gasteiger partial charge in [-0.1, -0.05) is 12.1 Å². The van der Waals surface area contributed by atoms with E-state index in [0.717, 1.165) is 10.7 Å². The average molecular weight is 287 g/mol. The highest BCUT2D eigenvalue weighted by molar-refractivity contribution is 7.15. The normalized spacial score (nSPS) is 10.7. The van der Waals surface area contributed by atoms with Crippen molar-refractivity contribution in [3.05, 3.63) is 53.3 Å². The molecule has 0 aliphatic rings. The van der Waals surface area contributed by atoms with Crippen LogP contribution in [0.5, 0.6) is 5.75 Å². The molecule has 0 spiro atoms. The molecule has 0 bridgehead atoms. The standard InChI is InChI=1S/C14H13N3O2S/c1-19-12-5-3-2-4-11(12)13(18)16-8-10-9-20-14-15-6-7-17(10)14/h2-7,9H,8H2,1H3,(H,16,18). The summed E-state index contributed by atoms with van der Waals surface area (Å²) in [6, 6.07) is 7.17. The van der Waals surface area contributed by atoms with Gasteiger partial charge in [-0.2, -0.15) is 0 Å². The molecule has 102 valence electrons. The molecule has 0 aliphatic heterocycles. The number of aromatic nitrogens is 2. The van der Waals surface area contributed by atoms with Gasteiger partial charge < -0.3 is 10.1 Å². The number of thiazole rings is 1. The number of rotatable bonds is 4. The Hall–Kier alpha value is -2.34. The fourth-order valence-electron chi connectivity index (χ4n) is 2.00. The number of carbonyl (C=O) groups is 1. The molecule has 1 aromatic carbocycles. The SMILES string of the molecule is COc1ccccc1C(=O)NCc1csc2nccn12. The van der Waals surface area contributed by atoms with Gasteiger partial charge in [0, 0.05) is 17.8 Å². The second kappa shape index (κ2) is 5.34. The molecular formula is C14H13N3O2S. The summed E-state index contributed by atoms with van der Waals surface area (Å²) in [5, 5.41) is 4.89. The van der Waals surface area contributed by atoms with E-state index in [1.165, 1.54) is 0 Å². The fourth-order valence-corrected chi connectivity index (χ4v) is 2.85.